The van der Waals surface area contributed by atoms with Gasteiger partial charge < -0.3 is 4.90 Å². The van der Waals surface area contributed by atoms with Gasteiger partial charge in [0, 0.05) is 50.1 Å². The van der Waals surface area contributed by atoms with Crippen molar-refractivity contribution in [2.45, 2.75) is 19.0 Å². The molecule has 8 heteroatoms. The smallest absolute Gasteiger partial charge is 0.246 e. The summed E-state index contributed by atoms with van der Waals surface area (Å²) in [5, 5.41) is 4.35. The molecule has 2 fully saturated rings. The van der Waals surface area contributed by atoms with Gasteiger partial charge in [0.15, 0.2) is 9.84 Å². The number of carbonyl (C=O) groups excluding carboxylic acids is 1. The first-order valence-corrected chi connectivity index (χ1v) is 11.8. The van der Waals surface area contributed by atoms with Gasteiger partial charge in [0.1, 0.15) is 0 Å². The maximum atomic E-state index is 12.5. The summed E-state index contributed by atoms with van der Waals surface area (Å²) in [6.07, 6.45) is 7.79. The number of benzene rings is 1. The molecule has 0 aliphatic carbocycles. The van der Waals surface area contributed by atoms with Crippen LogP contribution in [-0.2, 0) is 21.2 Å². The van der Waals surface area contributed by atoms with E-state index in [0.717, 1.165) is 18.7 Å². The van der Waals surface area contributed by atoms with Crippen molar-refractivity contribution in [2.24, 2.45) is 0 Å². The summed E-state index contributed by atoms with van der Waals surface area (Å²) >= 11 is 0. The lowest BCUT2D eigenvalue weighted by Crippen LogP contribution is -2.52. The van der Waals surface area contributed by atoms with E-state index in [1.54, 1.807) is 18.3 Å². The Labute approximate surface area is 171 Å². The maximum Gasteiger partial charge on any atom is 0.246 e. The Hall–Kier alpha value is -2.45. The van der Waals surface area contributed by atoms with Crippen LogP contribution in [0.2, 0.25) is 0 Å². The molecular weight excluding hydrogens is 388 g/mol. The van der Waals surface area contributed by atoms with Crippen LogP contribution < -0.4 is 0 Å². The fourth-order valence-electron chi connectivity index (χ4n) is 3.97. The van der Waals surface area contributed by atoms with Gasteiger partial charge in [0.2, 0.25) is 5.91 Å². The lowest BCUT2D eigenvalue weighted by atomic mass is 10.2. The summed E-state index contributed by atoms with van der Waals surface area (Å²) < 4.78 is 25.2. The average Bonchev–Trinajstić information content (AvgIpc) is 3.33. The highest BCUT2D eigenvalue weighted by molar-refractivity contribution is 7.91. The lowest BCUT2D eigenvalue weighted by molar-refractivity contribution is -0.127. The molecule has 2 saturated heterocycles. The van der Waals surface area contributed by atoms with Crippen molar-refractivity contribution in [3.8, 4) is 0 Å². The quantitative estimate of drug-likeness (QED) is 0.689. The molecule has 0 saturated carbocycles. The van der Waals surface area contributed by atoms with Crippen LogP contribution in [0.3, 0.4) is 0 Å². The van der Waals surface area contributed by atoms with Gasteiger partial charge in [-0.3, -0.25) is 14.4 Å². The molecule has 1 aromatic carbocycles. The monoisotopic (exact) mass is 414 g/mol. The molecule has 0 N–H and O–H groups in total. The average molecular weight is 415 g/mol. The van der Waals surface area contributed by atoms with E-state index < -0.39 is 9.84 Å². The second-order valence-corrected chi connectivity index (χ2v) is 9.94. The summed E-state index contributed by atoms with van der Waals surface area (Å²) in [6.45, 7) is 3.42. The SMILES string of the molecule is O=C(C=Cc1cnn(Cc2ccccc2)c1)N1CCN(C2CCS(=O)(=O)C2)CC1. The number of rotatable bonds is 5. The minimum Gasteiger partial charge on any atom is -0.337 e. The Kier molecular flexibility index (Phi) is 5.82. The van der Waals surface area contributed by atoms with Gasteiger partial charge in [0.05, 0.1) is 24.2 Å². The third-order valence-electron chi connectivity index (χ3n) is 5.61. The molecule has 154 valence electrons. The van der Waals surface area contributed by atoms with Crippen molar-refractivity contribution in [3.05, 3.63) is 59.9 Å². The second kappa shape index (κ2) is 8.51. The first-order valence-electron chi connectivity index (χ1n) is 9.96. The van der Waals surface area contributed by atoms with Crippen molar-refractivity contribution in [1.29, 1.82) is 0 Å². The molecule has 1 atom stereocenters. The Bertz CT molecular complexity index is 976. The largest absolute Gasteiger partial charge is 0.337 e. The van der Waals surface area contributed by atoms with Crippen LogP contribution in [-0.4, -0.2) is 77.6 Å². The van der Waals surface area contributed by atoms with E-state index in [1.807, 2.05) is 34.0 Å². The number of piperazine rings is 1. The molecule has 7 nitrogen and oxygen atoms in total. The first kappa shape index (κ1) is 19.8. The number of hydrogen-bond acceptors (Lipinski definition) is 5. The zero-order valence-electron chi connectivity index (χ0n) is 16.4. The molecule has 1 unspecified atom stereocenters. The molecule has 2 aromatic rings. The molecule has 2 aliphatic rings. The summed E-state index contributed by atoms with van der Waals surface area (Å²) in [5.41, 5.74) is 2.07. The standard InChI is InChI=1S/C21H26N4O3S/c26-21(24-11-9-23(10-12-24)20-8-13-29(27,28)17-20)7-6-19-14-22-25(16-19)15-18-4-2-1-3-5-18/h1-7,14,16,20H,8-13,15,17H2. The van der Waals surface area contributed by atoms with Crippen molar-refractivity contribution >= 4 is 21.8 Å². The molecule has 2 aliphatic heterocycles. The van der Waals surface area contributed by atoms with Gasteiger partial charge >= 0.3 is 0 Å². The van der Waals surface area contributed by atoms with E-state index in [4.69, 9.17) is 0 Å². The van der Waals surface area contributed by atoms with Crippen LogP contribution in [0.1, 0.15) is 17.5 Å². The summed E-state index contributed by atoms with van der Waals surface area (Å²) in [6, 6.07) is 10.2. The minimum atomic E-state index is -2.87. The van der Waals surface area contributed by atoms with Crippen LogP contribution >= 0.6 is 0 Å². The number of amides is 1. The molecule has 0 radical (unpaired) electrons. The first-order chi connectivity index (χ1) is 14.0. The predicted molar refractivity (Wildman–Crippen MR) is 112 cm³/mol. The Balaban J connectivity index is 1.27. The van der Waals surface area contributed by atoms with E-state index in [0.29, 0.717) is 26.1 Å². The minimum absolute atomic E-state index is 0.0143. The molecular formula is C21H26N4O3S. The fraction of sp³-hybridized carbons (Fsp3) is 0.429. The summed E-state index contributed by atoms with van der Waals surface area (Å²) in [4.78, 5) is 16.5. The Morgan fingerprint density at radius 3 is 2.59 bits per heavy atom. The van der Waals surface area contributed by atoms with E-state index in [-0.39, 0.29) is 23.5 Å². The molecule has 1 amide bonds. The molecule has 3 heterocycles. The molecule has 4 rings (SSSR count). The van der Waals surface area contributed by atoms with Gasteiger partial charge in [-0.15, -0.1) is 0 Å². The Morgan fingerprint density at radius 2 is 1.90 bits per heavy atom. The summed E-state index contributed by atoms with van der Waals surface area (Å²) in [5.74, 6) is 0.533. The normalized spacial score (nSPS) is 22.3. The second-order valence-electron chi connectivity index (χ2n) is 7.71. The van der Waals surface area contributed by atoms with E-state index >= 15 is 0 Å². The number of hydrogen-bond donors (Lipinski definition) is 0. The van der Waals surface area contributed by atoms with Crippen molar-refractivity contribution in [1.82, 2.24) is 19.6 Å². The number of carbonyl (C=O) groups is 1. The molecule has 1 aromatic heterocycles. The maximum absolute atomic E-state index is 12.5. The van der Waals surface area contributed by atoms with Crippen LogP contribution in [0.15, 0.2) is 48.8 Å². The highest BCUT2D eigenvalue weighted by atomic mass is 32.2. The van der Waals surface area contributed by atoms with E-state index in [9.17, 15) is 13.2 Å². The van der Waals surface area contributed by atoms with Gasteiger partial charge in [-0.2, -0.15) is 5.10 Å². The molecule has 0 bridgehead atoms. The highest BCUT2D eigenvalue weighted by Gasteiger charge is 2.34. The summed E-state index contributed by atoms with van der Waals surface area (Å²) in [7, 11) is -2.87. The number of aromatic nitrogens is 2. The number of nitrogens with zero attached hydrogens (tertiary/aromatic N) is 4. The zero-order chi connectivity index (χ0) is 20.3. The van der Waals surface area contributed by atoms with Gasteiger partial charge in [-0.1, -0.05) is 30.3 Å². The lowest BCUT2D eigenvalue weighted by Gasteiger charge is -2.37. The fourth-order valence-corrected chi connectivity index (χ4v) is 5.73. The third kappa shape index (κ3) is 5.13. The van der Waals surface area contributed by atoms with Crippen LogP contribution in [0.4, 0.5) is 0 Å². The number of sulfone groups is 1. The topological polar surface area (TPSA) is 75.5 Å². The predicted octanol–water partition coefficient (Wildman–Crippen LogP) is 1.28. The van der Waals surface area contributed by atoms with E-state index in [2.05, 4.69) is 22.1 Å². The van der Waals surface area contributed by atoms with Crippen LogP contribution in [0.5, 0.6) is 0 Å². The van der Waals surface area contributed by atoms with Crippen LogP contribution in [0, 0.1) is 0 Å². The molecule has 29 heavy (non-hydrogen) atoms. The van der Waals surface area contributed by atoms with Crippen molar-refractivity contribution < 1.29 is 13.2 Å². The zero-order valence-corrected chi connectivity index (χ0v) is 17.2. The van der Waals surface area contributed by atoms with E-state index in [1.165, 1.54) is 5.56 Å². The third-order valence-corrected chi connectivity index (χ3v) is 7.36. The molecule has 0 spiro atoms. The van der Waals surface area contributed by atoms with Gasteiger partial charge in [-0.05, 0) is 18.1 Å². The van der Waals surface area contributed by atoms with Gasteiger partial charge in [0.25, 0.3) is 0 Å². The van der Waals surface area contributed by atoms with Crippen molar-refractivity contribution in [2.75, 3.05) is 37.7 Å². The van der Waals surface area contributed by atoms with Crippen molar-refractivity contribution in [3.63, 3.8) is 0 Å². The Morgan fingerprint density at radius 1 is 1.14 bits per heavy atom. The van der Waals surface area contributed by atoms with Gasteiger partial charge in [-0.25, -0.2) is 8.42 Å². The van der Waals surface area contributed by atoms with Crippen LogP contribution in [0.25, 0.3) is 6.08 Å². The highest BCUT2D eigenvalue weighted by Crippen LogP contribution is 2.19.